The molecule has 3 nitrogen and oxygen atoms in total. The smallest absolute Gasteiger partial charge is 0.223 e. The van der Waals surface area contributed by atoms with Crippen LogP contribution in [0.3, 0.4) is 0 Å². The van der Waals surface area contributed by atoms with Gasteiger partial charge in [-0.1, -0.05) is 17.7 Å². The molecule has 1 amide bonds. The second-order valence-electron chi connectivity index (χ2n) is 6.01. The normalized spacial score (nSPS) is 20.1. The summed E-state index contributed by atoms with van der Waals surface area (Å²) in [5, 5.41) is 0. The Bertz CT molecular complexity index is 625. The van der Waals surface area contributed by atoms with Gasteiger partial charge < -0.3 is 9.64 Å². The molecule has 3 heteroatoms. The number of rotatable bonds is 2. The van der Waals surface area contributed by atoms with Crippen molar-refractivity contribution in [2.24, 2.45) is 0 Å². The van der Waals surface area contributed by atoms with Gasteiger partial charge in [0, 0.05) is 19.2 Å². The van der Waals surface area contributed by atoms with E-state index in [0.717, 1.165) is 36.4 Å². The van der Waals surface area contributed by atoms with Crippen molar-refractivity contribution < 1.29 is 9.53 Å². The number of benzene rings is 1. The number of hydrogen-bond donors (Lipinski definition) is 0. The molecule has 1 aromatic carbocycles. The lowest BCUT2D eigenvalue weighted by Gasteiger charge is -2.35. The van der Waals surface area contributed by atoms with Gasteiger partial charge in [-0.3, -0.25) is 4.79 Å². The Balaban J connectivity index is 2.00. The van der Waals surface area contributed by atoms with Crippen LogP contribution in [0, 0.1) is 0 Å². The predicted molar refractivity (Wildman–Crippen MR) is 88.5 cm³/mol. The van der Waals surface area contributed by atoms with Crippen LogP contribution >= 0.6 is 0 Å². The average molecular weight is 297 g/mol. The van der Waals surface area contributed by atoms with Crippen LogP contribution in [0.5, 0.6) is 5.75 Å². The van der Waals surface area contributed by atoms with Gasteiger partial charge in [-0.25, -0.2) is 0 Å². The maximum atomic E-state index is 12.0. The predicted octanol–water partition coefficient (Wildman–Crippen LogP) is 4.16. The summed E-state index contributed by atoms with van der Waals surface area (Å²) in [6.07, 6.45) is 8.00. The van der Waals surface area contributed by atoms with Crippen molar-refractivity contribution in [1.29, 1.82) is 0 Å². The van der Waals surface area contributed by atoms with E-state index in [-0.39, 0.29) is 5.91 Å². The van der Waals surface area contributed by atoms with Crippen molar-refractivity contribution in [3.8, 4) is 5.75 Å². The lowest BCUT2D eigenvalue weighted by Crippen LogP contribution is -2.34. The van der Waals surface area contributed by atoms with Crippen LogP contribution in [0.2, 0.25) is 0 Å². The van der Waals surface area contributed by atoms with Gasteiger partial charge in [0.05, 0.1) is 7.11 Å². The monoisotopic (exact) mass is 297 g/mol. The molecule has 22 heavy (non-hydrogen) atoms. The van der Waals surface area contributed by atoms with Crippen molar-refractivity contribution in [3.63, 3.8) is 0 Å². The first-order chi connectivity index (χ1) is 10.7. The Labute approximate surface area is 132 Å². The molecule has 2 aliphatic rings. The second kappa shape index (κ2) is 6.39. The molecule has 0 saturated carbocycles. The highest BCUT2D eigenvalue weighted by atomic mass is 16.5. The summed E-state index contributed by atoms with van der Waals surface area (Å²) in [6.45, 7) is 2.48. The average Bonchev–Trinajstić information content (AvgIpc) is 2.55. The van der Waals surface area contributed by atoms with Crippen LogP contribution in [0.1, 0.15) is 44.6 Å². The summed E-state index contributed by atoms with van der Waals surface area (Å²) in [5.41, 5.74) is 5.19. The van der Waals surface area contributed by atoms with Crippen molar-refractivity contribution >= 4 is 12.0 Å². The molecule has 1 heterocycles. The van der Waals surface area contributed by atoms with E-state index in [4.69, 9.17) is 4.74 Å². The minimum absolute atomic E-state index is 0.136. The van der Waals surface area contributed by atoms with E-state index in [1.807, 2.05) is 29.2 Å². The Morgan fingerprint density at radius 3 is 2.55 bits per heavy atom. The Kier molecular flexibility index (Phi) is 4.32. The summed E-state index contributed by atoms with van der Waals surface area (Å²) in [6, 6.07) is 8.01. The zero-order chi connectivity index (χ0) is 15.5. The number of hydrogen-bond acceptors (Lipinski definition) is 2. The molecule has 0 atom stereocenters. The van der Waals surface area contributed by atoms with E-state index in [1.165, 1.54) is 24.8 Å². The molecule has 0 unspecified atom stereocenters. The summed E-state index contributed by atoms with van der Waals surface area (Å²) < 4.78 is 5.21. The van der Waals surface area contributed by atoms with Gasteiger partial charge in [0.25, 0.3) is 0 Å². The van der Waals surface area contributed by atoms with E-state index >= 15 is 0 Å². The van der Waals surface area contributed by atoms with Gasteiger partial charge in [-0.15, -0.1) is 0 Å². The lowest BCUT2D eigenvalue weighted by atomic mass is 9.84. The first-order valence-corrected chi connectivity index (χ1v) is 8.04. The minimum atomic E-state index is 0.136. The molecule has 1 aliphatic carbocycles. The molecule has 0 aromatic heterocycles. The van der Waals surface area contributed by atoms with Crippen molar-refractivity contribution in [3.05, 3.63) is 46.7 Å². The highest BCUT2D eigenvalue weighted by Crippen LogP contribution is 2.38. The molecule has 3 rings (SSSR count). The van der Waals surface area contributed by atoms with Gasteiger partial charge in [-0.05, 0) is 61.4 Å². The quantitative estimate of drug-likeness (QED) is 0.820. The first-order valence-electron chi connectivity index (χ1n) is 8.04. The summed E-state index contributed by atoms with van der Waals surface area (Å²) >= 11 is 0. The molecule has 1 aromatic rings. The van der Waals surface area contributed by atoms with Gasteiger partial charge in [-0.2, -0.15) is 0 Å². The zero-order valence-electron chi connectivity index (χ0n) is 13.4. The number of methoxy groups -OCH3 is 1. The van der Waals surface area contributed by atoms with Gasteiger partial charge in [0.2, 0.25) is 5.91 Å². The Morgan fingerprint density at radius 1 is 1.14 bits per heavy atom. The van der Waals surface area contributed by atoms with Crippen LogP contribution < -0.4 is 4.74 Å². The third kappa shape index (κ3) is 2.94. The molecule has 0 spiro atoms. The highest BCUT2D eigenvalue weighted by molar-refractivity contribution is 5.79. The van der Waals surface area contributed by atoms with Crippen LogP contribution in [0.15, 0.2) is 41.1 Å². The fourth-order valence-electron chi connectivity index (χ4n) is 3.43. The summed E-state index contributed by atoms with van der Waals surface area (Å²) in [4.78, 5) is 14.0. The number of allylic oxidation sites excluding steroid dienone is 1. The van der Waals surface area contributed by atoms with Crippen molar-refractivity contribution in [1.82, 2.24) is 4.90 Å². The lowest BCUT2D eigenvalue weighted by molar-refractivity contribution is -0.126. The molecule has 0 N–H and O–H groups in total. The van der Waals surface area contributed by atoms with Gasteiger partial charge in [0.1, 0.15) is 5.75 Å². The van der Waals surface area contributed by atoms with Crippen LogP contribution in [0.4, 0.5) is 0 Å². The van der Waals surface area contributed by atoms with E-state index in [0.29, 0.717) is 0 Å². The van der Waals surface area contributed by atoms with Gasteiger partial charge >= 0.3 is 0 Å². The SMILES string of the molecule is COc1ccc(C=C2C3=C(CCCC3)CCN2C(C)=O)cc1. The topological polar surface area (TPSA) is 29.5 Å². The molecule has 0 saturated heterocycles. The molecule has 1 aliphatic heterocycles. The van der Waals surface area contributed by atoms with Gasteiger partial charge in [0.15, 0.2) is 0 Å². The van der Waals surface area contributed by atoms with Crippen LogP contribution in [-0.2, 0) is 4.79 Å². The van der Waals surface area contributed by atoms with E-state index < -0.39 is 0 Å². The summed E-state index contributed by atoms with van der Waals surface area (Å²) in [7, 11) is 1.67. The number of amides is 1. The number of nitrogens with zero attached hydrogens (tertiary/aromatic N) is 1. The molecular formula is C19H23NO2. The Hall–Kier alpha value is -2.03. The van der Waals surface area contributed by atoms with E-state index in [2.05, 4.69) is 6.08 Å². The van der Waals surface area contributed by atoms with Crippen LogP contribution in [-0.4, -0.2) is 24.5 Å². The molecule has 0 bridgehead atoms. The van der Waals surface area contributed by atoms with Crippen LogP contribution in [0.25, 0.3) is 6.08 Å². The fraction of sp³-hybridized carbons (Fsp3) is 0.421. The number of carbonyl (C=O) groups excluding carboxylic acids is 1. The second-order valence-corrected chi connectivity index (χ2v) is 6.01. The molecular weight excluding hydrogens is 274 g/mol. The highest BCUT2D eigenvalue weighted by Gasteiger charge is 2.27. The summed E-state index contributed by atoms with van der Waals surface area (Å²) in [5.74, 6) is 0.990. The fourth-order valence-corrected chi connectivity index (χ4v) is 3.43. The zero-order valence-corrected chi connectivity index (χ0v) is 13.4. The molecule has 0 radical (unpaired) electrons. The Morgan fingerprint density at radius 2 is 1.86 bits per heavy atom. The van der Waals surface area contributed by atoms with Crippen molar-refractivity contribution in [2.45, 2.75) is 39.0 Å². The third-order valence-electron chi connectivity index (χ3n) is 4.62. The van der Waals surface area contributed by atoms with E-state index in [1.54, 1.807) is 19.6 Å². The van der Waals surface area contributed by atoms with Crippen molar-refractivity contribution in [2.75, 3.05) is 13.7 Å². The standard InChI is InChI=1S/C19H23NO2/c1-14(21)20-12-11-16-5-3-4-6-18(16)19(20)13-15-7-9-17(22-2)10-8-15/h7-10,13H,3-6,11-12H2,1-2H3. The number of ether oxygens (including phenoxy) is 1. The first kappa shape index (κ1) is 14.9. The third-order valence-corrected chi connectivity index (χ3v) is 4.62. The maximum absolute atomic E-state index is 12.0. The largest absolute Gasteiger partial charge is 0.497 e. The number of carbonyl (C=O) groups is 1. The van der Waals surface area contributed by atoms with E-state index in [9.17, 15) is 4.79 Å². The molecule has 116 valence electrons. The molecule has 0 fully saturated rings. The maximum Gasteiger partial charge on any atom is 0.223 e. The minimum Gasteiger partial charge on any atom is -0.497 e.